The van der Waals surface area contributed by atoms with Crippen LogP contribution in [-0.4, -0.2) is 28.0 Å². The van der Waals surface area contributed by atoms with Crippen molar-refractivity contribution in [1.82, 2.24) is 15.0 Å². The van der Waals surface area contributed by atoms with E-state index in [9.17, 15) is 4.79 Å². The molecule has 0 aliphatic heterocycles. The number of aromatic amines is 1. The molecule has 0 atom stereocenters. The molecule has 2 aromatic heterocycles. The van der Waals surface area contributed by atoms with E-state index in [0.717, 1.165) is 16.5 Å². The maximum atomic E-state index is 12.7. The second-order valence-corrected chi connectivity index (χ2v) is 5.92. The van der Waals surface area contributed by atoms with Gasteiger partial charge >= 0.3 is 0 Å². The van der Waals surface area contributed by atoms with Crippen molar-refractivity contribution in [2.24, 2.45) is 0 Å². The zero-order valence-corrected chi connectivity index (χ0v) is 14.6. The average Bonchev–Trinajstić information content (AvgIpc) is 3.16. The minimum atomic E-state index is -0.450. The number of ether oxygens (including phenoxy) is 1. The number of rotatable bonds is 4. The minimum absolute atomic E-state index is 0.0626. The molecule has 0 aliphatic carbocycles. The van der Waals surface area contributed by atoms with E-state index in [2.05, 4.69) is 20.3 Å². The molecule has 0 saturated heterocycles. The molecule has 0 bridgehead atoms. The first-order chi connectivity index (χ1) is 13.2. The summed E-state index contributed by atoms with van der Waals surface area (Å²) in [6.07, 6.45) is 3.43. The van der Waals surface area contributed by atoms with Crippen molar-refractivity contribution in [3.63, 3.8) is 0 Å². The first kappa shape index (κ1) is 16.6. The number of fused-ring (bicyclic) bond motifs is 1. The van der Waals surface area contributed by atoms with Gasteiger partial charge in [0.05, 0.1) is 24.7 Å². The van der Waals surface area contributed by atoms with Gasteiger partial charge in [0.1, 0.15) is 5.75 Å². The van der Waals surface area contributed by atoms with Crippen molar-refractivity contribution in [3.05, 3.63) is 66.6 Å². The van der Waals surface area contributed by atoms with Crippen LogP contribution >= 0.6 is 0 Å². The zero-order chi connectivity index (χ0) is 18.8. The van der Waals surface area contributed by atoms with Gasteiger partial charge in [-0.2, -0.15) is 0 Å². The lowest BCUT2D eigenvalue weighted by Gasteiger charge is -2.11. The van der Waals surface area contributed by atoms with Crippen LogP contribution in [0, 0.1) is 0 Å². The predicted molar refractivity (Wildman–Crippen MR) is 105 cm³/mol. The summed E-state index contributed by atoms with van der Waals surface area (Å²) < 4.78 is 5.25. The number of methoxy groups -OCH3 is 1. The maximum Gasteiger partial charge on any atom is 0.278 e. The fourth-order valence-electron chi connectivity index (χ4n) is 2.85. The quantitative estimate of drug-likeness (QED) is 0.517. The van der Waals surface area contributed by atoms with E-state index in [1.54, 1.807) is 24.4 Å². The van der Waals surface area contributed by atoms with E-state index in [0.29, 0.717) is 17.1 Å². The van der Waals surface area contributed by atoms with Gasteiger partial charge in [0.2, 0.25) is 0 Å². The number of anilines is 2. The predicted octanol–water partition coefficient (Wildman–Crippen LogP) is 3.47. The lowest BCUT2D eigenvalue weighted by molar-refractivity contribution is 0.102. The van der Waals surface area contributed by atoms with Gasteiger partial charge in [0, 0.05) is 22.7 Å². The highest BCUT2D eigenvalue weighted by Gasteiger charge is 2.16. The van der Waals surface area contributed by atoms with Gasteiger partial charge in [-0.25, -0.2) is 9.97 Å². The molecule has 1 amide bonds. The molecule has 0 spiro atoms. The highest BCUT2D eigenvalue weighted by atomic mass is 16.5. The number of carbonyl (C=O) groups is 1. The van der Waals surface area contributed by atoms with Crippen LogP contribution < -0.4 is 15.8 Å². The molecule has 4 rings (SSSR count). The number of para-hydroxylation sites is 2. The third-order valence-electron chi connectivity index (χ3n) is 4.22. The number of H-pyrrole nitrogens is 1. The Bertz CT molecular complexity index is 1140. The second kappa shape index (κ2) is 6.80. The molecule has 0 unspecified atom stereocenters. The summed E-state index contributed by atoms with van der Waals surface area (Å²) in [7, 11) is 1.54. The minimum Gasteiger partial charge on any atom is -0.495 e. The Kier molecular flexibility index (Phi) is 4.18. The molecule has 2 aromatic carbocycles. The van der Waals surface area contributed by atoms with Crippen molar-refractivity contribution >= 4 is 28.3 Å². The summed E-state index contributed by atoms with van der Waals surface area (Å²) in [5.74, 6) is 0.161. The van der Waals surface area contributed by atoms with Crippen LogP contribution in [0.2, 0.25) is 0 Å². The normalized spacial score (nSPS) is 10.7. The highest BCUT2D eigenvalue weighted by molar-refractivity contribution is 6.06. The Hall–Kier alpha value is -3.87. The summed E-state index contributed by atoms with van der Waals surface area (Å²) in [6.45, 7) is 0. The fraction of sp³-hybridized carbons (Fsp3) is 0.0500. The van der Waals surface area contributed by atoms with E-state index < -0.39 is 5.91 Å². The molecule has 7 heteroatoms. The first-order valence-corrected chi connectivity index (χ1v) is 8.30. The van der Waals surface area contributed by atoms with Crippen molar-refractivity contribution in [3.8, 4) is 17.0 Å². The standard InChI is InChI=1S/C20H17N5O2/c1-27-17-5-3-2-4-15(17)25-20(26)18-19(21)23-11-16(24-18)12-6-7-14-13(10-12)8-9-22-14/h2-11,22H,1H3,(H2,21,23)(H,25,26). The first-order valence-electron chi connectivity index (χ1n) is 8.30. The van der Waals surface area contributed by atoms with Crippen LogP contribution in [-0.2, 0) is 0 Å². The maximum absolute atomic E-state index is 12.7. The summed E-state index contributed by atoms with van der Waals surface area (Å²) in [5, 5.41) is 3.82. The van der Waals surface area contributed by atoms with Gasteiger partial charge in [-0.05, 0) is 30.3 Å². The number of amides is 1. The third-order valence-corrected chi connectivity index (χ3v) is 4.22. The molecule has 0 fully saturated rings. The molecule has 0 aliphatic rings. The number of carbonyl (C=O) groups excluding carboxylic acids is 1. The Labute approximate surface area is 155 Å². The van der Waals surface area contributed by atoms with Crippen LogP contribution in [0.15, 0.2) is 60.9 Å². The number of nitrogens with one attached hydrogen (secondary N) is 2. The van der Waals surface area contributed by atoms with Gasteiger partial charge in [-0.3, -0.25) is 4.79 Å². The van der Waals surface area contributed by atoms with Crippen molar-refractivity contribution in [2.75, 3.05) is 18.2 Å². The van der Waals surface area contributed by atoms with Crippen LogP contribution in [0.25, 0.3) is 22.2 Å². The SMILES string of the molecule is COc1ccccc1NC(=O)c1nc(-c2ccc3[nH]ccc3c2)cnc1N. The van der Waals surface area contributed by atoms with E-state index in [1.165, 1.54) is 7.11 Å². The Morgan fingerprint density at radius 2 is 2.04 bits per heavy atom. The molecule has 27 heavy (non-hydrogen) atoms. The van der Waals surface area contributed by atoms with Gasteiger partial charge in [0.15, 0.2) is 11.5 Å². The number of aromatic nitrogens is 3. The summed E-state index contributed by atoms with van der Waals surface area (Å²) in [4.78, 5) is 24.4. The Balaban J connectivity index is 1.68. The molecule has 0 saturated carbocycles. The second-order valence-electron chi connectivity index (χ2n) is 5.92. The molecule has 2 heterocycles. The number of nitrogens with zero attached hydrogens (tertiary/aromatic N) is 2. The van der Waals surface area contributed by atoms with E-state index in [4.69, 9.17) is 10.5 Å². The fourth-order valence-corrected chi connectivity index (χ4v) is 2.85. The molecule has 4 N–H and O–H groups in total. The van der Waals surface area contributed by atoms with E-state index in [1.807, 2.05) is 36.5 Å². The van der Waals surface area contributed by atoms with Crippen molar-refractivity contribution in [1.29, 1.82) is 0 Å². The summed E-state index contributed by atoms with van der Waals surface area (Å²) in [5.41, 5.74) is 8.93. The number of nitrogen functional groups attached to an aromatic ring is 1. The van der Waals surface area contributed by atoms with Crippen LogP contribution in [0.5, 0.6) is 5.75 Å². The average molecular weight is 359 g/mol. The van der Waals surface area contributed by atoms with Gasteiger partial charge < -0.3 is 20.8 Å². The largest absolute Gasteiger partial charge is 0.495 e. The molecular formula is C20H17N5O2. The van der Waals surface area contributed by atoms with Crippen LogP contribution in [0.1, 0.15) is 10.5 Å². The molecule has 134 valence electrons. The number of nitrogens with two attached hydrogens (primary N) is 1. The van der Waals surface area contributed by atoms with Gasteiger partial charge in [0.25, 0.3) is 5.91 Å². The smallest absolute Gasteiger partial charge is 0.278 e. The van der Waals surface area contributed by atoms with Gasteiger partial charge in [-0.1, -0.05) is 18.2 Å². The highest BCUT2D eigenvalue weighted by Crippen LogP contribution is 2.26. The monoisotopic (exact) mass is 359 g/mol. The van der Waals surface area contributed by atoms with E-state index in [-0.39, 0.29) is 11.5 Å². The van der Waals surface area contributed by atoms with Crippen molar-refractivity contribution < 1.29 is 9.53 Å². The summed E-state index contributed by atoms with van der Waals surface area (Å²) >= 11 is 0. The number of hydrogen-bond donors (Lipinski definition) is 3. The Morgan fingerprint density at radius 1 is 1.19 bits per heavy atom. The molecule has 7 nitrogen and oxygen atoms in total. The van der Waals surface area contributed by atoms with E-state index >= 15 is 0 Å². The van der Waals surface area contributed by atoms with Crippen LogP contribution in [0.3, 0.4) is 0 Å². The topological polar surface area (TPSA) is 106 Å². The third kappa shape index (κ3) is 3.18. The zero-order valence-electron chi connectivity index (χ0n) is 14.6. The molecular weight excluding hydrogens is 342 g/mol. The molecule has 4 aromatic rings. The molecule has 0 radical (unpaired) electrons. The Morgan fingerprint density at radius 3 is 2.89 bits per heavy atom. The lowest BCUT2D eigenvalue weighted by Crippen LogP contribution is -2.17. The number of benzene rings is 2. The lowest BCUT2D eigenvalue weighted by atomic mass is 10.1. The van der Waals surface area contributed by atoms with Crippen molar-refractivity contribution in [2.45, 2.75) is 0 Å². The summed E-state index contributed by atoms with van der Waals surface area (Å²) in [6, 6.07) is 14.9. The number of hydrogen-bond acceptors (Lipinski definition) is 5. The van der Waals surface area contributed by atoms with Crippen LogP contribution in [0.4, 0.5) is 11.5 Å². The van der Waals surface area contributed by atoms with Gasteiger partial charge in [-0.15, -0.1) is 0 Å².